The Labute approximate surface area is 137 Å². The van der Waals surface area contributed by atoms with Gasteiger partial charge in [0.2, 0.25) is 5.91 Å². The Morgan fingerprint density at radius 2 is 1.33 bits per heavy atom. The second kappa shape index (κ2) is 7.71. The van der Waals surface area contributed by atoms with E-state index in [1.165, 1.54) is 0 Å². The van der Waals surface area contributed by atoms with Crippen molar-refractivity contribution in [2.24, 2.45) is 0 Å². The largest absolute Gasteiger partial charge is 0.386 e. The summed E-state index contributed by atoms with van der Waals surface area (Å²) < 4.78 is 0. The van der Waals surface area contributed by atoms with Crippen LogP contribution in [0.3, 0.4) is 0 Å². The summed E-state index contributed by atoms with van der Waals surface area (Å²) in [6.07, 6.45) is -5.10. The number of amides is 1. The highest BCUT2D eigenvalue weighted by atomic mass is 16.4. The van der Waals surface area contributed by atoms with Crippen molar-refractivity contribution in [3.8, 4) is 0 Å². The molecule has 0 saturated carbocycles. The first-order chi connectivity index (χ1) is 10.8. The van der Waals surface area contributed by atoms with Crippen LogP contribution in [-0.2, 0) is 24.0 Å². The molecule has 0 aromatic heterocycles. The Balaban J connectivity index is 6.52. The van der Waals surface area contributed by atoms with Crippen molar-refractivity contribution in [3.05, 3.63) is 0 Å². The first-order valence-corrected chi connectivity index (χ1v) is 6.84. The van der Waals surface area contributed by atoms with Gasteiger partial charge in [-0.15, -0.1) is 0 Å². The average molecular weight is 347 g/mol. The lowest BCUT2D eigenvalue weighted by molar-refractivity contribution is -0.220. The zero-order chi connectivity index (χ0) is 19.5. The van der Waals surface area contributed by atoms with Crippen molar-refractivity contribution >= 4 is 29.5 Å². The first-order valence-electron chi connectivity index (χ1n) is 6.84. The molecule has 0 aromatic carbocycles. The molecule has 0 bridgehead atoms. The first kappa shape index (κ1) is 22.0. The van der Waals surface area contributed by atoms with E-state index < -0.39 is 52.7 Å². The molecule has 0 heterocycles. The Morgan fingerprint density at radius 1 is 0.917 bits per heavy atom. The second-order valence-corrected chi connectivity index (χ2v) is 5.46. The van der Waals surface area contributed by atoms with Crippen molar-refractivity contribution in [2.75, 3.05) is 0 Å². The van der Waals surface area contributed by atoms with Gasteiger partial charge in [-0.3, -0.25) is 19.2 Å². The number of nitrogens with one attached hydrogen (secondary N) is 1. The zero-order valence-electron chi connectivity index (χ0n) is 13.6. The summed E-state index contributed by atoms with van der Waals surface area (Å²) in [6, 6.07) is -2.13. The number of carbonyl (C=O) groups excluding carboxylic acids is 5. The van der Waals surface area contributed by atoms with Crippen molar-refractivity contribution in [3.63, 3.8) is 0 Å². The molecule has 0 spiro atoms. The SMILES string of the molecule is CC(=O)N[C@@H](C=O)[C@](O)(C(C)=O)[C@@](O)(C(C)=O)[C@H](O)C(O)C(C)=O. The average Bonchev–Trinajstić information content (AvgIpc) is 2.48. The van der Waals surface area contributed by atoms with Gasteiger partial charge < -0.3 is 30.5 Å². The van der Waals surface area contributed by atoms with Crippen molar-refractivity contribution in [1.82, 2.24) is 5.32 Å². The molecule has 0 aliphatic carbocycles. The van der Waals surface area contributed by atoms with E-state index in [2.05, 4.69) is 0 Å². The topological polar surface area (TPSA) is 178 Å². The minimum atomic E-state index is -3.45. The van der Waals surface area contributed by atoms with Gasteiger partial charge in [0.05, 0.1) is 0 Å². The predicted octanol–water partition coefficient (Wildman–Crippen LogP) is -3.36. The molecule has 0 saturated heterocycles. The lowest BCUT2D eigenvalue weighted by Gasteiger charge is -2.46. The van der Waals surface area contributed by atoms with E-state index in [1.54, 1.807) is 0 Å². The van der Waals surface area contributed by atoms with Gasteiger partial charge >= 0.3 is 0 Å². The number of rotatable bonds is 9. The van der Waals surface area contributed by atoms with Crippen molar-refractivity contribution in [2.45, 2.75) is 57.1 Å². The normalized spacial score (nSPS) is 19.8. The van der Waals surface area contributed by atoms with Crippen LogP contribution in [0, 0.1) is 0 Å². The molecule has 24 heavy (non-hydrogen) atoms. The molecule has 0 aliphatic heterocycles. The second-order valence-electron chi connectivity index (χ2n) is 5.46. The smallest absolute Gasteiger partial charge is 0.217 e. The van der Waals surface area contributed by atoms with Crippen LogP contribution in [0.25, 0.3) is 0 Å². The fraction of sp³-hybridized carbons (Fsp3) is 0.643. The van der Waals surface area contributed by atoms with Crippen LogP contribution in [-0.4, -0.2) is 79.4 Å². The summed E-state index contributed by atoms with van der Waals surface area (Å²) in [5.74, 6) is -4.74. The number of ketones is 3. The van der Waals surface area contributed by atoms with Gasteiger partial charge in [0.1, 0.15) is 24.5 Å². The van der Waals surface area contributed by atoms with Crippen LogP contribution in [0.2, 0.25) is 0 Å². The molecular formula is C14H21NO9. The van der Waals surface area contributed by atoms with E-state index in [9.17, 15) is 44.4 Å². The standard InChI is InChI=1S/C14H21NO9/c1-6(17)11(21)12(22)14(24,8(3)19)13(23,7(2)18)10(5-16)15-9(4)20/h5,10-12,21-24H,1-4H3,(H,15,20)/t10-,11?,12+,13+,14+/m0/s1. The lowest BCUT2D eigenvalue weighted by atomic mass is 9.68. The van der Waals surface area contributed by atoms with Crippen LogP contribution < -0.4 is 5.32 Å². The molecule has 0 aromatic rings. The maximum atomic E-state index is 11.9. The van der Waals surface area contributed by atoms with Gasteiger partial charge in [-0.2, -0.15) is 0 Å². The summed E-state index contributed by atoms with van der Waals surface area (Å²) in [7, 11) is 0. The van der Waals surface area contributed by atoms with Gasteiger partial charge in [-0.25, -0.2) is 0 Å². The van der Waals surface area contributed by atoms with E-state index in [0.29, 0.717) is 13.8 Å². The summed E-state index contributed by atoms with van der Waals surface area (Å²) in [4.78, 5) is 57.5. The van der Waals surface area contributed by atoms with Crippen molar-refractivity contribution < 1.29 is 44.4 Å². The summed E-state index contributed by atoms with van der Waals surface area (Å²) in [5, 5.41) is 42.8. The van der Waals surface area contributed by atoms with E-state index in [4.69, 9.17) is 0 Å². The fourth-order valence-corrected chi connectivity index (χ4v) is 2.33. The molecule has 10 nitrogen and oxygen atoms in total. The minimum absolute atomic E-state index is 0.121. The molecule has 1 unspecified atom stereocenters. The molecule has 0 aliphatic rings. The van der Waals surface area contributed by atoms with E-state index >= 15 is 0 Å². The Morgan fingerprint density at radius 3 is 1.58 bits per heavy atom. The third kappa shape index (κ3) is 3.56. The molecule has 0 fully saturated rings. The number of carbonyl (C=O) groups is 5. The monoisotopic (exact) mass is 347 g/mol. The van der Waals surface area contributed by atoms with Crippen LogP contribution in [0.15, 0.2) is 0 Å². The van der Waals surface area contributed by atoms with E-state index in [-0.39, 0.29) is 6.29 Å². The van der Waals surface area contributed by atoms with Gasteiger partial charge in [0, 0.05) is 6.92 Å². The molecule has 0 rings (SSSR count). The Bertz CT molecular complexity index is 560. The highest BCUT2D eigenvalue weighted by molar-refractivity contribution is 6.02. The van der Waals surface area contributed by atoms with Gasteiger partial charge in [0.25, 0.3) is 0 Å². The number of aldehydes is 1. The third-order valence-corrected chi connectivity index (χ3v) is 3.74. The Hall–Kier alpha value is -2.01. The Kier molecular flexibility index (Phi) is 7.06. The number of aliphatic hydroxyl groups is 4. The molecule has 5 N–H and O–H groups in total. The van der Waals surface area contributed by atoms with Gasteiger partial charge in [-0.1, -0.05) is 0 Å². The van der Waals surface area contributed by atoms with Gasteiger partial charge in [-0.05, 0) is 20.8 Å². The maximum absolute atomic E-state index is 11.9. The lowest BCUT2D eigenvalue weighted by Crippen LogP contribution is -2.77. The number of aliphatic hydroxyl groups excluding tert-OH is 2. The van der Waals surface area contributed by atoms with E-state index in [0.717, 1.165) is 13.8 Å². The zero-order valence-corrected chi connectivity index (χ0v) is 13.6. The quantitative estimate of drug-likeness (QED) is 0.266. The fourth-order valence-electron chi connectivity index (χ4n) is 2.33. The molecule has 136 valence electrons. The van der Waals surface area contributed by atoms with Crippen LogP contribution in [0.1, 0.15) is 27.7 Å². The van der Waals surface area contributed by atoms with Crippen LogP contribution in [0.4, 0.5) is 0 Å². The third-order valence-electron chi connectivity index (χ3n) is 3.74. The molecule has 5 atom stereocenters. The molecule has 10 heteroatoms. The number of hydrogen-bond donors (Lipinski definition) is 5. The number of Topliss-reactive ketones (excluding diaryl/α,β-unsaturated/α-hetero) is 3. The highest BCUT2D eigenvalue weighted by Crippen LogP contribution is 2.33. The molecule has 0 radical (unpaired) electrons. The summed E-state index contributed by atoms with van der Waals surface area (Å²) >= 11 is 0. The summed E-state index contributed by atoms with van der Waals surface area (Å²) in [6.45, 7) is 3.12. The number of hydrogen-bond acceptors (Lipinski definition) is 9. The molecular weight excluding hydrogens is 326 g/mol. The van der Waals surface area contributed by atoms with E-state index in [1.807, 2.05) is 5.32 Å². The van der Waals surface area contributed by atoms with Crippen LogP contribution in [0.5, 0.6) is 0 Å². The highest BCUT2D eigenvalue weighted by Gasteiger charge is 2.66. The maximum Gasteiger partial charge on any atom is 0.217 e. The summed E-state index contributed by atoms with van der Waals surface area (Å²) in [5.41, 5.74) is -6.78. The molecule has 1 amide bonds. The minimum Gasteiger partial charge on any atom is -0.386 e. The van der Waals surface area contributed by atoms with Gasteiger partial charge in [0.15, 0.2) is 28.6 Å². The predicted molar refractivity (Wildman–Crippen MR) is 77.6 cm³/mol. The van der Waals surface area contributed by atoms with Crippen molar-refractivity contribution in [1.29, 1.82) is 0 Å². The van der Waals surface area contributed by atoms with Crippen LogP contribution >= 0.6 is 0 Å².